The number of nitrogens with one attached hydrogen (secondary N) is 1. The van der Waals surface area contributed by atoms with Gasteiger partial charge in [-0.15, -0.1) is 0 Å². The molecule has 1 atom stereocenters. The van der Waals surface area contributed by atoms with Crippen LogP contribution in [0.2, 0.25) is 0 Å². The number of rotatable bonds is 9. The number of fused-ring (bicyclic) bond motifs is 1. The van der Waals surface area contributed by atoms with Crippen LogP contribution in [0.5, 0.6) is 0 Å². The largest absolute Gasteiger partial charge is 0.370 e. The SMILES string of the molecule is COP(=O)(C=O)CC(=O)CCCCc1ccc2c(n1)NCCCC2. The fourth-order valence-corrected chi connectivity index (χ4v) is 3.71. The van der Waals surface area contributed by atoms with E-state index in [0.29, 0.717) is 12.8 Å². The molecule has 1 unspecified atom stereocenters. The number of unbranched alkanes of at least 4 members (excludes halogenated alkanes) is 1. The van der Waals surface area contributed by atoms with Crippen molar-refractivity contribution in [1.82, 2.24) is 4.98 Å². The first-order valence-electron chi connectivity index (χ1n) is 8.41. The number of hydrogen-bond donors (Lipinski definition) is 1. The van der Waals surface area contributed by atoms with Gasteiger partial charge in [0.1, 0.15) is 11.6 Å². The fourth-order valence-electron chi connectivity index (χ4n) is 2.77. The monoisotopic (exact) mass is 352 g/mol. The predicted octanol–water partition coefficient (Wildman–Crippen LogP) is 3.23. The van der Waals surface area contributed by atoms with Crippen LogP contribution in [0.4, 0.5) is 5.82 Å². The smallest absolute Gasteiger partial charge is 0.270 e. The van der Waals surface area contributed by atoms with E-state index in [0.717, 1.165) is 37.3 Å². The van der Waals surface area contributed by atoms with Gasteiger partial charge in [-0.2, -0.15) is 0 Å². The summed E-state index contributed by atoms with van der Waals surface area (Å²) in [5, 5.41) is 3.37. The maximum absolute atomic E-state index is 11.8. The molecule has 1 aliphatic heterocycles. The van der Waals surface area contributed by atoms with E-state index in [1.807, 2.05) is 0 Å². The molecule has 2 heterocycles. The summed E-state index contributed by atoms with van der Waals surface area (Å²) in [4.78, 5) is 27.1. The number of aromatic nitrogens is 1. The minimum Gasteiger partial charge on any atom is -0.370 e. The molecule has 1 aromatic rings. The third-order valence-electron chi connectivity index (χ3n) is 4.21. The lowest BCUT2D eigenvalue weighted by Gasteiger charge is -2.09. The summed E-state index contributed by atoms with van der Waals surface area (Å²) in [7, 11) is -2.22. The second kappa shape index (κ2) is 9.09. The second-order valence-corrected chi connectivity index (χ2v) is 8.46. The fraction of sp³-hybridized carbons (Fsp3) is 0.588. The van der Waals surface area contributed by atoms with Gasteiger partial charge in [-0.05, 0) is 50.2 Å². The molecule has 0 saturated carbocycles. The van der Waals surface area contributed by atoms with Crippen molar-refractivity contribution in [3.8, 4) is 0 Å². The molecule has 6 nitrogen and oxygen atoms in total. The topological polar surface area (TPSA) is 85.4 Å². The maximum Gasteiger partial charge on any atom is 0.270 e. The molecule has 1 N–H and O–H groups in total. The van der Waals surface area contributed by atoms with Gasteiger partial charge in [0.05, 0.1) is 6.16 Å². The molecule has 0 amide bonds. The van der Waals surface area contributed by atoms with Crippen molar-refractivity contribution in [2.45, 2.75) is 44.9 Å². The number of pyridine rings is 1. The zero-order valence-corrected chi connectivity index (χ0v) is 15.0. The predicted molar refractivity (Wildman–Crippen MR) is 94.5 cm³/mol. The first-order chi connectivity index (χ1) is 11.6. The third-order valence-corrected chi connectivity index (χ3v) is 5.94. The summed E-state index contributed by atoms with van der Waals surface area (Å²) in [6.45, 7) is 0.967. The van der Waals surface area contributed by atoms with Gasteiger partial charge in [0, 0.05) is 25.8 Å². The Morgan fingerprint density at radius 1 is 1.38 bits per heavy atom. The molecular weight excluding hydrogens is 327 g/mol. The first kappa shape index (κ1) is 18.8. The highest BCUT2D eigenvalue weighted by Crippen LogP contribution is 2.42. The standard InChI is InChI=1S/C17H25N2O4P/c1-23-24(22,13-20)12-16(21)8-3-2-7-15-10-9-14-6-4-5-11-18-17(14)19-15/h9-10,13H,2-8,11-12H2,1H3,(H,18,19). The van der Waals surface area contributed by atoms with Crippen LogP contribution in [0.25, 0.3) is 0 Å². The second-order valence-electron chi connectivity index (χ2n) is 6.11. The highest BCUT2D eigenvalue weighted by molar-refractivity contribution is 7.74. The minimum atomic E-state index is -3.41. The summed E-state index contributed by atoms with van der Waals surface area (Å²) in [6, 6.07) is 4.46. The summed E-state index contributed by atoms with van der Waals surface area (Å²) in [5.74, 6) is 0.803. The molecule has 2 rings (SSSR count). The Balaban J connectivity index is 1.76. The average Bonchev–Trinajstić information content (AvgIpc) is 2.83. The van der Waals surface area contributed by atoms with Crippen LogP contribution in [0.15, 0.2) is 12.1 Å². The molecule has 24 heavy (non-hydrogen) atoms. The molecule has 0 radical (unpaired) electrons. The zero-order valence-electron chi connectivity index (χ0n) is 14.1. The Hall–Kier alpha value is -1.52. The van der Waals surface area contributed by atoms with E-state index >= 15 is 0 Å². The van der Waals surface area contributed by atoms with Crippen LogP contribution >= 0.6 is 7.37 Å². The van der Waals surface area contributed by atoms with Crippen LogP contribution < -0.4 is 5.32 Å². The third kappa shape index (κ3) is 5.53. The highest BCUT2D eigenvalue weighted by atomic mass is 31.2. The number of anilines is 1. The lowest BCUT2D eigenvalue weighted by atomic mass is 10.1. The zero-order chi connectivity index (χ0) is 17.4. The molecule has 0 aliphatic carbocycles. The van der Waals surface area contributed by atoms with Gasteiger partial charge in [0.15, 0.2) is 0 Å². The van der Waals surface area contributed by atoms with Crippen LogP contribution in [-0.4, -0.2) is 36.6 Å². The lowest BCUT2D eigenvalue weighted by molar-refractivity contribution is -0.116. The van der Waals surface area contributed by atoms with Crippen molar-refractivity contribution < 1.29 is 18.7 Å². The van der Waals surface area contributed by atoms with E-state index in [4.69, 9.17) is 0 Å². The quantitative estimate of drug-likeness (QED) is 0.417. The molecule has 0 spiro atoms. The van der Waals surface area contributed by atoms with Crippen LogP contribution in [-0.2, 0) is 31.5 Å². The maximum atomic E-state index is 11.8. The number of carbonyl (C=O) groups excluding carboxylic acids is 2. The van der Waals surface area contributed by atoms with E-state index in [2.05, 4.69) is 27.0 Å². The molecule has 0 saturated heterocycles. The van der Waals surface area contributed by atoms with Gasteiger partial charge in [0.25, 0.3) is 7.37 Å². The molecule has 132 valence electrons. The van der Waals surface area contributed by atoms with E-state index in [-0.39, 0.29) is 18.0 Å². The van der Waals surface area contributed by atoms with Crippen molar-refractivity contribution >= 4 is 25.0 Å². The number of carbonyl (C=O) groups is 2. The van der Waals surface area contributed by atoms with E-state index in [1.165, 1.54) is 25.5 Å². The van der Waals surface area contributed by atoms with E-state index < -0.39 is 7.37 Å². The van der Waals surface area contributed by atoms with Gasteiger partial charge >= 0.3 is 0 Å². The van der Waals surface area contributed by atoms with Gasteiger partial charge in [-0.1, -0.05) is 6.07 Å². The summed E-state index contributed by atoms with van der Waals surface area (Å²) < 4.78 is 16.4. The number of nitrogens with zero attached hydrogens (tertiary/aromatic N) is 1. The highest BCUT2D eigenvalue weighted by Gasteiger charge is 2.24. The molecule has 0 aromatic carbocycles. The van der Waals surface area contributed by atoms with Crippen molar-refractivity contribution in [3.05, 3.63) is 23.4 Å². The Morgan fingerprint density at radius 3 is 2.96 bits per heavy atom. The number of ketones is 1. The van der Waals surface area contributed by atoms with Crippen LogP contribution in [0, 0.1) is 0 Å². The minimum absolute atomic E-state index is 0.191. The molecule has 1 aliphatic rings. The summed E-state index contributed by atoms with van der Waals surface area (Å²) in [5.41, 5.74) is 2.29. The van der Waals surface area contributed by atoms with E-state index in [1.54, 1.807) is 0 Å². The first-order valence-corrected chi connectivity index (χ1v) is 10.3. The van der Waals surface area contributed by atoms with Crippen molar-refractivity contribution in [2.75, 3.05) is 25.1 Å². The lowest BCUT2D eigenvalue weighted by Crippen LogP contribution is -2.07. The number of aryl methyl sites for hydroxylation is 2. The Labute approximate surface area is 142 Å². The van der Waals surface area contributed by atoms with Crippen molar-refractivity contribution in [1.29, 1.82) is 0 Å². The number of hydrogen-bond acceptors (Lipinski definition) is 6. The summed E-state index contributed by atoms with van der Waals surface area (Å²) in [6.07, 6.45) is 5.76. The van der Waals surface area contributed by atoms with E-state index in [9.17, 15) is 14.2 Å². The Morgan fingerprint density at radius 2 is 2.21 bits per heavy atom. The Bertz CT molecular complexity index is 633. The van der Waals surface area contributed by atoms with Crippen LogP contribution in [0.3, 0.4) is 0 Å². The summed E-state index contributed by atoms with van der Waals surface area (Å²) >= 11 is 0. The molecule has 7 heteroatoms. The number of Topliss-reactive ketones (excluding diaryl/α,β-unsaturated/α-hetero) is 1. The molecule has 0 fully saturated rings. The Kier molecular flexibility index (Phi) is 7.13. The average molecular weight is 352 g/mol. The molecule has 1 aromatic heterocycles. The normalized spacial score (nSPS) is 16.4. The molecule has 0 bridgehead atoms. The van der Waals surface area contributed by atoms with Crippen molar-refractivity contribution in [3.63, 3.8) is 0 Å². The van der Waals surface area contributed by atoms with Gasteiger partial charge in [-0.25, -0.2) is 4.98 Å². The van der Waals surface area contributed by atoms with Gasteiger partial charge in [0.2, 0.25) is 6.03 Å². The van der Waals surface area contributed by atoms with Crippen molar-refractivity contribution in [2.24, 2.45) is 0 Å². The van der Waals surface area contributed by atoms with Gasteiger partial charge < -0.3 is 9.84 Å². The molecular formula is C17H25N2O4P. The van der Waals surface area contributed by atoms with Gasteiger partial charge in [-0.3, -0.25) is 14.2 Å². The van der Waals surface area contributed by atoms with Crippen LogP contribution in [0.1, 0.15) is 43.4 Å².